The highest BCUT2D eigenvalue weighted by Crippen LogP contribution is 2.28. The Morgan fingerprint density at radius 2 is 2.12 bits per heavy atom. The molecule has 0 aromatic heterocycles. The van der Waals surface area contributed by atoms with Gasteiger partial charge in [0.1, 0.15) is 0 Å². The van der Waals surface area contributed by atoms with Gasteiger partial charge in [-0.15, -0.1) is 0 Å². The molecule has 1 aliphatic rings. The molecule has 1 aliphatic carbocycles. The zero-order valence-electron chi connectivity index (χ0n) is 10.7. The minimum atomic E-state index is 0.378. The summed E-state index contributed by atoms with van der Waals surface area (Å²) < 4.78 is 5.56. The van der Waals surface area contributed by atoms with Gasteiger partial charge in [-0.3, -0.25) is 0 Å². The topological polar surface area (TPSA) is 47.3 Å². The standard InChI is InChI=1S/C13H28N2O/c1-2-4-13(14)7-9-15-8-3-10-16-11-12-5-6-12/h12-13,15H,2-11,14H2,1H3. The van der Waals surface area contributed by atoms with Crippen molar-refractivity contribution >= 4 is 0 Å². The molecule has 0 spiro atoms. The molecule has 0 bridgehead atoms. The van der Waals surface area contributed by atoms with Crippen LogP contribution in [0.1, 0.15) is 45.4 Å². The molecule has 0 aromatic carbocycles. The molecule has 1 saturated carbocycles. The van der Waals surface area contributed by atoms with Crippen LogP contribution in [0, 0.1) is 5.92 Å². The summed E-state index contributed by atoms with van der Waals surface area (Å²) in [5, 5.41) is 3.42. The molecule has 3 heteroatoms. The van der Waals surface area contributed by atoms with Crippen molar-refractivity contribution in [1.29, 1.82) is 0 Å². The van der Waals surface area contributed by atoms with E-state index >= 15 is 0 Å². The third-order valence-corrected chi connectivity index (χ3v) is 3.04. The minimum absolute atomic E-state index is 0.378. The van der Waals surface area contributed by atoms with E-state index in [9.17, 15) is 0 Å². The van der Waals surface area contributed by atoms with Crippen LogP contribution in [-0.4, -0.2) is 32.3 Å². The molecule has 0 radical (unpaired) electrons. The summed E-state index contributed by atoms with van der Waals surface area (Å²) in [6.07, 6.45) is 7.32. The largest absolute Gasteiger partial charge is 0.381 e. The van der Waals surface area contributed by atoms with Gasteiger partial charge in [0, 0.05) is 19.3 Å². The molecule has 1 fully saturated rings. The fourth-order valence-corrected chi connectivity index (χ4v) is 1.76. The first-order valence-corrected chi connectivity index (χ1v) is 6.87. The average Bonchev–Trinajstić information content (AvgIpc) is 3.06. The first kappa shape index (κ1) is 13.9. The molecule has 1 atom stereocenters. The molecular weight excluding hydrogens is 200 g/mol. The molecule has 1 rings (SSSR count). The summed E-state index contributed by atoms with van der Waals surface area (Å²) >= 11 is 0. The normalized spacial score (nSPS) is 17.6. The van der Waals surface area contributed by atoms with Crippen molar-refractivity contribution in [3.63, 3.8) is 0 Å². The van der Waals surface area contributed by atoms with Crippen LogP contribution in [0.25, 0.3) is 0 Å². The van der Waals surface area contributed by atoms with Crippen molar-refractivity contribution in [2.45, 2.75) is 51.5 Å². The molecule has 96 valence electrons. The highest BCUT2D eigenvalue weighted by molar-refractivity contribution is 4.71. The molecule has 0 amide bonds. The van der Waals surface area contributed by atoms with Gasteiger partial charge in [0.15, 0.2) is 0 Å². The van der Waals surface area contributed by atoms with Crippen LogP contribution < -0.4 is 11.1 Å². The lowest BCUT2D eigenvalue weighted by Crippen LogP contribution is -2.27. The maximum Gasteiger partial charge on any atom is 0.0494 e. The summed E-state index contributed by atoms with van der Waals surface area (Å²) in [6.45, 7) is 6.18. The Kier molecular flexibility index (Phi) is 7.81. The van der Waals surface area contributed by atoms with Crippen LogP contribution in [0.5, 0.6) is 0 Å². The van der Waals surface area contributed by atoms with Gasteiger partial charge in [0.2, 0.25) is 0 Å². The average molecular weight is 228 g/mol. The first-order chi connectivity index (χ1) is 7.83. The van der Waals surface area contributed by atoms with Crippen LogP contribution >= 0.6 is 0 Å². The van der Waals surface area contributed by atoms with Gasteiger partial charge in [-0.1, -0.05) is 13.3 Å². The Morgan fingerprint density at radius 3 is 2.81 bits per heavy atom. The van der Waals surface area contributed by atoms with Gasteiger partial charge < -0.3 is 15.8 Å². The second kappa shape index (κ2) is 8.97. The second-order valence-electron chi connectivity index (χ2n) is 4.96. The summed E-state index contributed by atoms with van der Waals surface area (Å²) in [5.41, 5.74) is 5.92. The molecule has 16 heavy (non-hydrogen) atoms. The van der Waals surface area contributed by atoms with Crippen molar-refractivity contribution in [2.24, 2.45) is 11.7 Å². The zero-order valence-corrected chi connectivity index (χ0v) is 10.7. The van der Waals surface area contributed by atoms with Gasteiger partial charge in [-0.2, -0.15) is 0 Å². The lowest BCUT2D eigenvalue weighted by Gasteiger charge is -2.10. The molecule has 0 aromatic rings. The summed E-state index contributed by atoms with van der Waals surface area (Å²) in [7, 11) is 0. The fraction of sp³-hybridized carbons (Fsp3) is 1.00. The molecular formula is C13H28N2O. The van der Waals surface area contributed by atoms with E-state index in [4.69, 9.17) is 10.5 Å². The van der Waals surface area contributed by atoms with Crippen LogP contribution in [0.4, 0.5) is 0 Å². The fourth-order valence-electron chi connectivity index (χ4n) is 1.76. The predicted molar refractivity (Wildman–Crippen MR) is 68.5 cm³/mol. The van der Waals surface area contributed by atoms with Gasteiger partial charge in [0.05, 0.1) is 0 Å². The van der Waals surface area contributed by atoms with E-state index in [-0.39, 0.29) is 0 Å². The van der Waals surface area contributed by atoms with E-state index in [1.54, 1.807) is 0 Å². The predicted octanol–water partition coefficient (Wildman–Crippen LogP) is 1.91. The number of hydrogen-bond donors (Lipinski definition) is 2. The van der Waals surface area contributed by atoms with Crippen LogP contribution in [0.2, 0.25) is 0 Å². The highest BCUT2D eigenvalue weighted by Gasteiger charge is 2.20. The van der Waals surface area contributed by atoms with Crippen molar-refractivity contribution in [1.82, 2.24) is 5.32 Å². The van der Waals surface area contributed by atoms with Crippen LogP contribution in [0.15, 0.2) is 0 Å². The Balaban J connectivity index is 1.70. The second-order valence-corrected chi connectivity index (χ2v) is 4.96. The molecule has 0 saturated heterocycles. The van der Waals surface area contributed by atoms with E-state index in [1.807, 2.05) is 0 Å². The van der Waals surface area contributed by atoms with Gasteiger partial charge in [-0.25, -0.2) is 0 Å². The van der Waals surface area contributed by atoms with Crippen LogP contribution in [-0.2, 0) is 4.74 Å². The lowest BCUT2D eigenvalue weighted by atomic mass is 10.1. The SMILES string of the molecule is CCCC(N)CCNCCCOCC1CC1. The van der Waals surface area contributed by atoms with E-state index in [1.165, 1.54) is 19.3 Å². The van der Waals surface area contributed by atoms with Crippen molar-refractivity contribution in [3.05, 3.63) is 0 Å². The molecule has 3 N–H and O–H groups in total. The van der Waals surface area contributed by atoms with E-state index < -0.39 is 0 Å². The number of ether oxygens (including phenoxy) is 1. The zero-order chi connectivity index (χ0) is 11.6. The number of hydrogen-bond acceptors (Lipinski definition) is 3. The Bertz CT molecular complexity index is 160. The lowest BCUT2D eigenvalue weighted by molar-refractivity contribution is 0.122. The van der Waals surface area contributed by atoms with Crippen molar-refractivity contribution in [3.8, 4) is 0 Å². The van der Waals surface area contributed by atoms with E-state index in [2.05, 4.69) is 12.2 Å². The summed E-state index contributed by atoms with van der Waals surface area (Å²) in [6, 6.07) is 0.378. The first-order valence-electron chi connectivity index (χ1n) is 6.87. The van der Waals surface area contributed by atoms with E-state index in [0.29, 0.717) is 6.04 Å². The molecule has 3 nitrogen and oxygen atoms in total. The smallest absolute Gasteiger partial charge is 0.0494 e. The maximum atomic E-state index is 5.92. The minimum Gasteiger partial charge on any atom is -0.381 e. The summed E-state index contributed by atoms with van der Waals surface area (Å²) in [5.74, 6) is 0.889. The maximum absolute atomic E-state index is 5.92. The third-order valence-electron chi connectivity index (χ3n) is 3.04. The number of nitrogens with two attached hydrogens (primary N) is 1. The Hall–Kier alpha value is -0.120. The highest BCUT2D eigenvalue weighted by atomic mass is 16.5. The third kappa shape index (κ3) is 8.08. The quantitative estimate of drug-likeness (QED) is 0.531. The number of nitrogens with one attached hydrogen (secondary N) is 1. The summed E-state index contributed by atoms with van der Waals surface area (Å²) in [4.78, 5) is 0. The van der Waals surface area contributed by atoms with Crippen molar-refractivity contribution in [2.75, 3.05) is 26.3 Å². The Labute approximate surface area is 100 Å². The van der Waals surface area contributed by atoms with Gasteiger partial charge in [-0.05, 0) is 51.1 Å². The molecule has 0 heterocycles. The van der Waals surface area contributed by atoms with Gasteiger partial charge in [0.25, 0.3) is 0 Å². The number of rotatable bonds is 11. The van der Waals surface area contributed by atoms with Crippen molar-refractivity contribution < 1.29 is 4.74 Å². The van der Waals surface area contributed by atoms with Gasteiger partial charge >= 0.3 is 0 Å². The molecule has 0 aliphatic heterocycles. The Morgan fingerprint density at radius 1 is 1.31 bits per heavy atom. The molecule has 1 unspecified atom stereocenters. The van der Waals surface area contributed by atoms with Crippen LogP contribution in [0.3, 0.4) is 0 Å². The van der Waals surface area contributed by atoms with E-state index in [0.717, 1.165) is 51.5 Å². The monoisotopic (exact) mass is 228 g/mol.